The smallest absolute Gasteiger partial charge is 0.306 e. The van der Waals surface area contributed by atoms with Crippen LogP contribution in [0.15, 0.2) is 12.2 Å². The van der Waals surface area contributed by atoms with E-state index in [1.165, 1.54) is 180 Å². The molecule has 0 radical (unpaired) electrons. The fraction of sp³-hybridized carbons (Fsp3) is 0.904. The highest BCUT2D eigenvalue weighted by Crippen LogP contribution is 2.16. The van der Waals surface area contributed by atoms with Crippen LogP contribution in [0.4, 0.5) is 0 Å². The topological polar surface area (TPSA) is 102 Å². The zero-order valence-electron chi connectivity index (χ0n) is 40.4. The first-order valence-electron chi connectivity index (χ1n) is 25.7. The second-order valence-electron chi connectivity index (χ2n) is 18.8. The van der Waals surface area contributed by atoms with Crippen molar-refractivity contribution in [3.63, 3.8) is 0 Å². The van der Waals surface area contributed by atoms with Gasteiger partial charge in [-0.15, -0.1) is 0 Å². The van der Waals surface area contributed by atoms with Gasteiger partial charge in [0.25, 0.3) is 0 Å². The summed E-state index contributed by atoms with van der Waals surface area (Å²) in [5.41, 5.74) is 0. The van der Waals surface area contributed by atoms with Crippen LogP contribution in [-0.4, -0.2) is 75.5 Å². The average Bonchev–Trinajstić information content (AvgIpc) is 3.21. The number of ether oxygens (including phenoxy) is 3. The molecule has 0 fully saturated rings. The van der Waals surface area contributed by atoms with Gasteiger partial charge in [-0.1, -0.05) is 206 Å². The molecule has 2 unspecified atom stereocenters. The third-order valence-electron chi connectivity index (χ3n) is 11.9. The third kappa shape index (κ3) is 41.4. The molecule has 2 atom stereocenters. The van der Waals surface area contributed by atoms with E-state index < -0.39 is 18.1 Å². The quantitative estimate of drug-likeness (QED) is 0.0260. The van der Waals surface area contributed by atoms with Crippen molar-refractivity contribution in [1.29, 1.82) is 0 Å². The van der Waals surface area contributed by atoms with Gasteiger partial charge in [0.1, 0.15) is 12.6 Å². The summed E-state index contributed by atoms with van der Waals surface area (Å²) in [7, 11) is 5.42. The minimum Gasteiger partial charge on any atom is -0.544 e. The number of hydrogen-bond acceptors (Lipinski definition) is 7. The summed E-state index contributed by atoms with van der Waals surface area (Å²) in [5.74, 6) is -1.72. The molecule has 8 heteroatoms. The highest BCUT2D eigenvalue weighted by molar-refractivity contribution is 5.70. The van der Waals surface area contributed by atoms with E-state index in [9.17, 15) is 19.5 Å². The fourth-order valence-electron chi connectivity index (χ4n) is 7.89. The van der Waals surface area contributed by atoms with Crippen molar-refractivity contribution in [2.24, 2.45) is 0 Å². The van der Waals surface area contributed by atoms with Crippen LogP contribution in [0.1, 0.15) is 251 Å². The van der Waals surface area contributed by atoms with Crippen LogP contribution in [0, 0.1) is 0 Å². The van der Waals surface area contributed by atoms with E-state index >= 15 is 0 Å². The molecule has 0 aromatic heterocycles. The van der Waals surface area contributed by atoms with Gasteiger partial charge in [-0.25, -0.2) is 0 Å². The Labute approximate surface area is 371 Å². The summed E-state index contributed by atoms with van der Waals surface area (Å²) in [6, 6.07) is -0.723. The van der Waals surface area contributed by atoms with Crippen molar-refractivity contribution >= 4 is 17.9 Å². The van der Waals surface area contributed by atoms with Crippen LogP contribution < -0.4 is 5.11 Å². The molecule has 0 aliphatic heterocycles. The minimum atomic E-state index is -1.12. The molecule has 0 saturated heterocycles. The highest BCUT2D eigenvalue weighted by atomic mass is 16.6. The Morgan fingerprint density at radius 1 is 0.483 bits per heavy atom. The van der Waals surface area contributed by atoms with Crippen molar-refractivity contribution in [3.05, 3.63) is 12.2 Å². The lowest BCUT2D eigenvalue weighted by Gasteiger charge is -2.34. The number of carbonyl (C=O) groups excluding carboxylic acids is 3. The standard InChI is InChI=1S/C52H99NO7/c1-6-8-10-12-14-16-18-20-22-23-24-25-26-27-28-29-31-33-35-37-39-41-43-51(55)60-48(46-58-45-44-49(52(56)57)53(3,4)5)47-59-50(54)42-40-38-36-34-32-30-21-19-17-15-13-11-9-7-2/h26-27,48-49H,6-25,28-47H2,1-5H3/b27-26+. The van der Waals surface area contributed by atoms with Gasteiger partial charge in [-0.05, 0) is 38.5 Å². The predicted molar refractivity (Wildman–Crippen MR) is 250 cm³/mol. The average molecular weight is 850 g/mol. The molecule has 0 aromatic rings. The Kier molecular flexibility index (Phi) is 42.3. The molecule has 0 heterocycles. The molecule has 0 aliphatic carbocycles. The van der Waals surface area contributed by atoms with Crippen LogP contribution in [0.25, 0.3) is 0 Å². The summed E-state index contributed by atoms with van der Waals surface area (Å²) in [5, 5.41) is 11.7. The monoisotopic (exact) mass is 850 g/mol. The van der Waals surface area contributed by atoms with Crippen molar-refractivity contribution < 1.29 is 38.2 Å². The number of quaternary nitrogens is 1. The van der Waals surface area contributed by atoms with Crippen molar-refractivity contribution in [2.45, 2.75) is 264 Å². The number of esters is 2. The Hall–Kier alpha value is -1.93. The number of carbonyl (C=O) groups is 3. The van der Waals surface area contributed by atoms with Gasteiger partial charge in [0.05, 0.1) is 40.3 Å². The van der Waals surface area contributed by atoms with E-state index in [2.05, 4.69) is 26.0 Å². The van der Waals surface area contributed by atoms with E-state index in [1.807, 2.05) is 21.1 Å². The Morgan fingerprint density at radius 2 is 0.833 bits per heavy atom. The van der Waals surface area contributed by atoms with E-state index in [-0.39, 0.29) is 42.7 Å². The summed E-state index contributed by atoms with van der Waals surface area (Å²) in [6.45, 7) is 4.70. The van der Waals surface area contributed by atoms with Crippen LogP contribution in [0.3, 0.4) is 0 Å². The first kappa shape index (κ1) is 58.1. The molecule has 0 aromatic carbocycles. The fourth-order valence-corrected chi connectivity index (χ4v) is 7.89. The van der Waals surface area contributed by atoms with Crippen molar-refractivity contribution in [2.75, 3.05) is 41.0 Å². The van der Waals surface area contributed by atoms with E-state index in [0.717, 1.165) is 38.5 Å². The molecule has 8 nitrogen and oxygen atoms in total. The zero-order valence-corrected chi connectivity index (χ0v) is 40.4. The second kappa shape index (κ2) is 43.7. The largest absolute Gasteiger partial charge is 0.544 e. The summed E-state index contributed by atoms with van der Waals surface area (Å²) in [4.78, 5) is 37.0. The zero-order chi connectivity index (χ0) is 44.2. The molecule has 0 spiro atoms. The molecule has 0 N–H and O–H groups in total. The highest BCUT2D eigenvalue weighted by Gasteiger charge is 2.25. The Bertz CT molecular complexity index is 993. The number of carboxylic acids is 1. The number of rotatable bonds is 47. The summed E-state index contributed by atoms with van der Waals surface area (Å²) < 4.78 is 17.2. The van der Waals surface area contributed by atoms with Crippen LogP contribution in [0.2, 0.25) is 0 Å². The Morgan fingerprint density at radius 3 is 1.20 bits per heavy atom. The predicted octanol–water partition coefficient (Wildman–Crippen LogP) is 13.3. The first-order chi connectivity index (χ1) is 29.1. The molecule has 0 bridgehead atoms. The number of carboxylic acid groups (broad SMARTS) is 1. The number of hydrogen-bond donors (Lipinski definition) is 0. The SMILES string of the molecule is CCCCCCCCCCCCC/C=C/CCCCCCCCCC(=O)OC(COCCC(C(=O)[O-])[N+](C)(C)C)COC(=O)CCCCCCCCCCCCCCCC. The Balaban J connectivity index is 4.20. The lowest BCUT2D eigenvalue weighted by molar-refractivity contribution is -0.889. The first-order valence-corrected chi connectivity index (χ1v) is 25.7. The molecular weight excluding hydrogens is 751 g/mol. The van der Waals surface area contributed by atoms with Crippen molar-refractivity contribution in [3.8, 4) is 0 Å². The minimum absolute atomic E-state index is 0.0450. The number of likely N-dealkylation sites (N-methyl/N-ethyl adjacent to an activating group) is 1. The van der Waals surface area contributed by atoms with E-state index in [0.29, 0.717) is 12.8 Å². The number of aliphatic carboxylic acids is 1. The van der Waals surface area contributed by atoms with Gasteiger partial charge in [0, 0.05) is 19.3 Å². The molecule has 0 rings (SSSR count). The number of unbranched alkanes of at least 4 members (excludes halogenated alkanes) is 31. The number of allylic oxidation sites excluding steroid dienone is 2. The van der Waals surface area contributed by atoms with Gasteiger partial charge < -0.3 is 28.6 Å². The molecular formula is C52H99NO7. The molecule has 354 valence electrons. The summed E-state index contributed by atoms with van der Waals surface area (Å²) in [6.07, 6.45) is 48.1. The van der Waals surface area contributed by atoms with Gasteiger partial charge in [0.2, 0.25) is 0 Å². The molecule has 60 heavy (non-hydrogen) atoms. The normalized spacial score (nSPS) is 12.9. The lowest BCUT2D eigenvalue weighted by Crippen LogP contribution is -2.55. The van der Waals surface area contributed by atoms with Gasteiger partial charge in [-0.3, -0.25) is 9.59 Å². The van der Waals surface area contributed by atoms with Gasteiger partial charge in [-0.2, -0.15) is 0 Å². The van der Waals surface area contributed by atoms with Crippen molar-refractivity contribution in [1.82, 2.24) is 0 Å². The van der Waals surface area contributed by atoms with E-state index in [1.54, 1.807) is 0 Å². The maximum absolute atomic E-state index is 12.8. The maximum atomic E-state index is 12.8. The molecule has 0 aliphatic rings. The van der Waals surface area contributed by atoms with Crippen LogP contribution in [-0.2, 0) is 28.6 Å². The van der Waals surface area contributed by atoms with Crippen LogP contribution >= 0.6 is 0 Å². The number of nitrogens with zero attached hydrogens (tertiary/aromatic N) is 1. The second-order valence-corrected chi connectivity index (χ2v) is 18.8. The lowest BCUT2D eigenvalue weighted by atomic mass is 10.0. The summed E-state index contributed by atoms with van der Waals surface area (Å²) >= 11 is 0. The molecule has 0 saturated carbocycles. The maximum Gasteiger partial charge on any atom is 0.306 e. The van der Waals surface area contributed by atoms with Gasteiger partial charge >= 0.3 is 11.9 Å². The van der Waals surface area contributed by atoms with Crippen LogP contribution in [0.5, 0.6) is 0 Å². The van der Waals surface area contributed by atoms with Gasteiger partial charge in [0.15, 0.2) is 6.10 Å². The third-order valence-corrected chi connectivity index (χ3v) is 11.9. The van der Waals surface area contributed by atoms with E-state index in [4.69, 9.17) is 14.2 Å². The molecule has 0 amide bonds.